The van der Waals surface area contributed by atoms with Gasteiger partial charge in [0.15, 0.2) is 0 Å². The summed E-state index contributed by atoms with van der Waals surface area (Å²) in [7, 11) is 0. The summed E-state index contributed by atoms with van der Waals surface area (Å²) in [6.07, 6.45) is 9.61. The molecule has 7 nitrogen and oxygen atoms in total. The van der Waals surface area contributed by atoms with Crippen molar-refractivity contribution in [1.29, 1.82) is 0 Å². The predicted molar refractivity (Wildman–Crippen MR) is 108 cm³/mol. The van der Waals surface area contributed by atoms with E-state index in [-0.39, 0.29) is 11.8 Å². The number of carbonyl (C=O) groups excluding carboxylic acids is 1. The quantitative estimate of drug-likeness (QED) is 0.854. The molecule has 2 aliphatic rings. The molecule has 1 atom stereocenters. The molecule has 0 radical (unpaired) electrons. The smallest absolute Gasteiger partial charge is 0.225 e. The molecule has 2 aromatic rings. The van der Waals surface area contributed by atoms with E-state index >= 15 is 0 Å². The van der Waals surface area contributed by atoms with Crippen LogP contribution in [0.4, 0.5) is 5.95 Å². The third-order valence-electron chi connectivity index (χ3n) is 5.81. The molecule has 2 fully saturated rings. The van der Waals surface area contributed by atoms with Crippen molar-refractivity contribution in [2.75, 3.05) is 31.1 Å². The maximum Gasteiger partial charge on any atom is 0.225 e. The fraction of sp³-hybridized carbons (Fsp3) is 0.524. The third kappa shape index (κ3) is 4.65. The molecule has 148 valence electrons. The van der Waals surface area contributed by atoms with E-state index in [1.807, 2.05) is 24.3 Å². The molecule has 2 aromatic heterocycles. The van der Waals surface area contributed by atoms with Gasteiger partial charge in [-0.1, -0.05) is 6.07 Å². The van der Waals surface area contributed by atoms with Crippen LogP contribution >= 0.6 is 0 Å². The van der Waals surface area contributed by atoms with Gasteiger partial charge in [-0.15, -0.1) is 0 Å². The first-order chi connectivity index (χ1) is 13.8. The zero-order valence-corrected chi connectivity index (χ0v) is 16.2. The Morgan fingerprint density at radius 3 is 2.54 bits per heavy atom. The molecule has 28 heavy (non-hydrogen) atoms. The topological polar surface area (TPSA) is 74.2 Å². The minimum Gasteiger partial charge on any atom is -0.350 e. The number of amides is 1. The lowest BCUT2D eigenvalue weighted by molar-refractivity contribution is -0.127. The summed E-state index contributed by atoms with van der Waals surface area (Å²) in [4.78, 5) is 30.4. The number of hydrogen-bond donors (Lipinski definition) is 1. The van der Waals surface area contributed by atoms with Crippen molar-refractivity contribution < 1.29 is 4.79 Å². The van der Waals surface area contributed by atoms with Crippen LogP contribution in [-0.4, -0.2) is 58.0 Å². The van der Waals surface area contributed by atoms with E-state index in [0.717, 1.165) is 63.5 Å². The number of carbonyl (C=O) groups is 1. The van der Waals surface area contributed by atoms with Crippen molar-refractivity contribution in [2.24, 2.45) is 5.92 Å². The van der Waals surface area contributed by atoms with E-state index in [2.05, 4.69) is 30.1 Å². The summed E-state index contributed by atoms with van der Waals surface area (Å²) >= 11 is 0. The number of pyridine rings is 1. The molecule has 7 heteroatoms. The van der Waals surface area contributed by atoms with Crippen molar-refractivity contribution in [3.8, 4) is 0 Å². The van der Waals surface area contributed by atoms with E-state index in [0.29, 0.717) is 12.6 Å². The van der Waals surface area contributed by atoms with Crippen molar-refractivity contribution in [3.05, 3.63) is 48.5 Å². The molecule has 0 saturated carbocycles. The number of anilines is 1. The van der Waals surface area contributed by atoms with Gasteiger partial charge in [0.2, 0.25) is 11.9 Å². The maximum atomic E-state index is 12.6. The summed E-state index contributed by atoms with van der Waals surface area (Å²) in [6, 6.07) is 8.18. The predicted octanol–water partition coefficient (Wildman–Crippen LogP) is 1.87. The Bertz CT molecular complexity index is 748. The van der Waals surface area contributed by atoms with Crippen LogP contribution in [0.1, 0.15) is 31.4 Å². The summed E-state index contributed by atoms with van der Waals surface area (Å²) in [5, 5.41) is 3.07. The summed E-state index contributed by atoms with van der Waals surface area (Å²) in [6.45, 7) is 4.41. The van der Waals surface area contributed by atoms with Gasteiger partial charge in [-0.2, -0.15) is 0 Å². The molecular weight excluding hydrogens is 352 g/mol. The average Bonchev–Trinajstić information content (AvgIpc) is 2.79. The maximum absolute atomic E-state index is 12.6. The van der Waals surface area contributed by atoms with Crippen molar-refractivity contribution in [1.82, 2.24) is 25.2 Å². The molecule has 0 aromatic carbocycles. The number of piperidine rings is 2. The highest BCUT2D eigenvalue weighted by Gasteiger charge is 2.32. The molecule has 0 unspecified atom stereocenters. The van der Waals surface area contributed by atoms with Crippen molar-refractivity contribution >= 4 is 11.9 Å². The first kappa shape index (κ1) is 18.8. The highest BCUT2D eigenvalue weighted by atomic mass is 16.1. The van der Waals surface area contributed by atoms with Crippen LogP contribution in [-0.2, 0) is 11.3 Å². The highest BCUT2D eigenvalue weighted by Crippen LogP contribution is 2.25. The Balaban J connectivity index is 1.26. The lowest BCUT2D eigenvalue weighted by Crippen LogP contribution is -2.51. The average molecular weight is 380 g/mol. The van der Waals surface area contributed by atoms with Crippen LogP contribution < -0.4 is 10.2 Å². The molecule has 0 spiro atoms. The lowest BCUT2D eigenvalue weighted by Gasteiger charge is -2.42. The second-order valence-electron chi connectivity index (χ2n) is 7.64. The molecule has 1 N–H and O–H groups in total. The van der Waals surface area contributed by atoms with Gasteiger partial charge in [-0.3, -0.25) is 14.7 Å². The van der Waals surface area contributed by atoms with Gasteiger partial charge in [0.05, 0.1) is 18.2 Å². The SMILES string of the molecule is O=C(NCc1ccccn1)[C@H]1CCCN(C2CCN(c3ncccn3)CC2)C1. The van der Waals surface area contributed by atoms with Gasteiger partial charge < -0.3 is 10.2 Å². The van der Waals surface area contributed by atoms with Crippen LogP contribution in [0.2, 0.25) is 0 Å². The molecule has 2 aliphatic heterocycles. The normalized spacial score (nSPS) is 21.4. The van der Waals surface area contributed by atoms with Crippen LogP contribution in [0.25, 0.3) is 0 Å². The summed E-state index contributed by atoms with van der Waals surface area (Å²) in [5.74, 6) is 1.06. The van der Waals surface area contributed by atoms with Gasteiger partial charge in [0.1, 0.15) is 0 Å². The largest absolute Gasteiger partial charge is 0.350 e. The molecule has 4 rings (SSSR count). The number of hydrogen-bond acceptors (Lipinski definition) is 6. The Labute approximate surface area is 166 Å². The van der Waals surface area contributed by atoms with Gasteiger partial charge >= 0.3 is 0 Å². The zero-order chi connectivity index (χ0) is 19.2. The van der Waals surface area contributed by atoms with Gasteiger partial charge in [-0.05, 0) is 50.4 Å². The van der Waals surface area contributed by atoms with Gasteiger partial charge in [0, 0.05) is 44.3 Å². The Hall–Kier alpha value is -2.54. The fourth-order valence-electron chi connectivity index (χ4n) is 4.26. The summed E-state index contributed by atoms with van der Waals surface area (Å²) in [5.41, 5.74) is 0.902. The molecule has 0 aliphatic carbocycles. The van der Waals surface area contributed by atoms with E-state index in [1.165, 1.54) is 0 Å². The monoisotopic (exact) mass is 380 g/mol. The minimum absolute atomic E-state index is 0.0768. The highest BCUT2D eigenvalue weighted by molar-refractivity contribution is 5.78. The van der Waals surface area contributed by atoms with Crippen LogP contribution in [0.3, 0.4) is 0 Å². The number of nitrogens with zero attached hydrogens (tertiary/aromatic N) is 5. The molecular formula is C21H28N6O. The van der Waals surface area contributed by atoms with Crippen molar-refractivity contribution in [2.45, 2.75) is 38.3 Å². The van der Waals surface area contributed by atoms with Gasteiger partial charge in [0.25, 0.3) is 0 Å². The van der Waals surface area contributed by atoms with Crippen LogP contribution in [0.5, 0.6) is 0 Å². The van der Waals surface area contributed by atoms with E-state index < -0.39 is 0 Å². The summed E-state index contributed by atoms with van der Waals surface area (Å²) < 4.78 is 0. The Morgan fingerprint density at radius 2 is 1.79 bits per heavy atom. The van der Waals surface area contributed by atoms with E-state index in [9.17, 15) is 4.79 Å². The van der Waals surface area contributed by atoms with Crippen LogP contribution in [0, 0.1) is 5.92 Å². The Morgan fingerprint density at radius 1 is 1.00 bits per heavy atom. The third-order valence-corrected chi connectivity index (χ3v) is 5.81. The van der Waals surface area contributed by atoms with E-state index in [1.54, 1.807) is 18.6 Å². The number of rotatable bonds is 5. The fourth-order valence-corrected chi connectivity index (χ4v) is 4.26. The minimum atomic E-state index is 0.0768. The zero-order valence-electron chi connectivity index (χ0n) is 16.2. The van der Waals surface area contributed by atoms with E-state index in [4.69, 9.17) is 0 Å². The lowest BCUT2D eigenvalue weighted by atomic mass is 9.93. The number of nitrogens with one attached hydrogen (secondary N) is 1. The molecule has 2 saturated heterocycles. The van der Waals surface area contributed by atoms with Gasteiger partial charge in [-0.25, -0.2) is 9.97 Å². The number of likely N-dealkylation sites (tertiary alicyclic amines) is 1. The van der Waals surface area contributed by atoms with Crippen LogP contribution in [0.15, 0.2) is 42.9 Å². The second-order valence-corrected chi connectivity index (χ2v) is 7.64. The Kier molecular flexibility index (Phi) is 6.11. The molecule has 0 bridgehead atoms. The molecule has 4 heterocycles. The second kappa shape index (κ2) is 9.10. The molecule has 1 amide bonds. The first-order valence-electron chi connectivity index (χ1n) is 10.2. The number of aromatic nitrogens is 3. The first-order valence-corrected chi connectivity index (χ1v) is 10.2. The standard InChI is InChI=1S/C21H28N6O/c28-20(25-15-18-6-1-2-9-22-18)17-5-3-12-27(16-17)19-7-13-26(14-8-19)21-23-10-4-11-24-21/h1-2,4,6,9-11,17,19H,3,5,7-8,12-16H2,(H,25,28)/t17-/m0/s1. The van der Waals surface area contributed by atoms with Crippen molar-refractivity contribution in [3.63, 3.8) is 0 Å².